The second-order valence-corrected chi connectivity index (χ2v) is 5.61. The van der Waals surface area contributed by atoms with Gasteiger partial charge in [-0.05, 0) is 18.4 Å². The SMILES string of the molecule is C#CC(CC)N1CC(CCC)NCC1c1ccccc1. The molecule has 108 valence electrons. The molecule has 0 aliphatic carbocycles. The van der Waals surface area contributed by atoms with Crippen molar-refractivity contribution in [2.45, 2.75) is 51.2 Å². The zero-order chi connectivity index (χ0) is 14.4. The average molecular weight is 270 g/mol. The zero-order valence-electron chi connectivity index (χ0n) is 12.7. The van der Waals surface area contributed by atoms with E-state index in [0.717, 1.165) is 19.5 Å². The van der Waals surface area contributed by atoms with E-state index in [4.69, 9.17) is 6.42 Å². The van der Waals surface area contributed by atoms with Crippen molar-refractivity contribution >= 4 is 0 Å². The van der Waals surface area contributed by atoms with E-state index in [2.05, 4.69) is 60.3 Å². The Morgan fingerprint density at radius 2 is 2.10 bits per heavy atom. The molecule has 1 aromatic carbocycles. The fourth-order valence-corrected chi connectivity index (χ4v) is 3.16. The lowest BCUT2D eigenvalue weighted by Gasteiger charge is -2.43. The molecule has 1 heterocycles. The van der Waals surface area contributed by atoms with Gasteiger partial charge in [0.1, 0.15) is 0 Å². The van der Waals surface area contributed by atoms with Crippen LogP contribution in [-0.4, -0.2) is 30.1 Å². The summed E-state index contributed by atoms with van der Waals surface area (Å²) in [5.41, 5.74) is 1.36. The predicted molar refractivity (Wildman–Crippen MR) is 85.5 cm³/mol. The Morgan fingerprint density at radius 1 is 1.35 bits per heavy atom. The van der Waals surface area contributed by atoms with Crippen molar-refractivity contribution in [2.24, 2.45) is 0 Å². The predicted octanol–water partition coefficient (Wildman–Crippen LogP) is 3.21. The number of hydrogen-bond acceptors (Lipinski definition) is 2. The molecule has 3 atom stereocenters. The molecule has 0 radical (unpaired) electrons. The van der Waals surface area contributed by atoms with Crippen molar-refractivity contribution in [1.82, 2.24) is 10.2 Å². The second kappa shape index (κ2) is 7.47. The molecule has 2 nitrogen and oxygen atoms in total. The monoisotopic (exact) mass is 270 g/mol. The van der Waals surface area contributed by atoms with Crippen molar-refractivity contribution in [3.63, 3.8) is 0 Å². The minimum absolute atomic E-state index is 0.238. The molecule has 1 N–H and O–H groups in total. The molecule has 0 saturated carbocycles. The van der Waals surface area contributed by atoms with Crippen molar-refractivity contribution in [1.29, 1.82) is 0 Å². The number of nitrogens with one attached hydrogen (secondary N) is 1. The van der Waals surface area contributed by atoms with Gasteiger partial charge >= 0.3 is 0 Å². The van der Waals surface area contributed by atoms with Gasteiger partial charge in [-0.2, -0.15) is 0 Å². The van der Waals surface area contributed by atoms with Crippen LogP contribution in [0.1, 0.15) is 44.7 Å². The van der Waals surface area contributed by atoms with Crippen LogP contribution < -0.4 is 5.32 Å². The van der Waals surface area contributed by atoms with E-state index in [1.807, 2.05) is 0 Å². The minimum Gasteiger partial charge on any atom is -0.311 e. The van der Waals surface area contributed by atoms with Crippen LogP contribution in [-0.2, 0) is 0 Å². The first-order valence-electron chi connectivity index (χ1n) is 7.80. The summed E-state index contributed by atoms with van der Waals surface area (Å²) >= 11 is 0. The molecule has 1 aromatic rings. The Morgan fingerprint density at radius 3 is 2.70 bits per heavy atom. The molecule has 0 aromatic heterocycles. The molecule has 20 heavy (non-hydrogen) atoms. The Bertz CT molecular complexity index is 434. The molecule has 2 rings (SSSR count). The summed E-state index contributed by atoms with van der Waals surface area (Å²) in [6.45, 7) is 6.47. The summed E-state index contributed by atoms with van der Waals surface area (Å²) in [7, 11) is 0. The first kappa shape index (κ1) is 15.1. The molecular formula is C18H26N2. The van der Waals surface area contributed by atoms with Crippen LogP contribution in [0.3, 0.4) is 0 Å². The smallest absolute Gasteiger partial charge is 0.0715 e. The molecule has 1 aliphatic rings. The standard InChI is InChI=1S/C18H26N2/c1-4-10-16-14-20(17(5-2)6-3)18(13-19-16)15-11-8-7-9-12-15/h2,7-9,11-12,16-19H,4,6,10,13-14H2,1,3H3. The topological polar surface area (TPSA) is 15.3 Å². The van der Waals surface area contributed by atoms with E-state index in [9.17, 15) is 0 Å². The first-order valence-corrected chi connectivity index (χ1v) is 7.80. The molecule has 0 bridgehead atoms. The van der Waals surface area contributed by atoms with E-state index < -0.39 is 0 Å². The minimum atomic E-state index is 0.238. The molecule has 1 saturated heterocycles. The molecule has 0 amide bonds. The molecular weight excluding hydrogens is 244 g/mol. The van der Waals surface area contributed by atoms with Crippen molar-refractivity contribution in [3.8, 4) is 12.3 Å². The van der Waals surface area contributed by atoms with Gasteiger partial charge in [-0.15, -0.1) is 6.42 Å². The largest absolute Gasteiger partial charge is 0.311 e. The Hall–Kier alpha value is -1.30. The molecule has 1 fully saturated rings. The lowest BCUT2D eigenvalue weighted by molar-refractivity contribution is 0.1000. The second-order valence-electron chi connectivity index (χ2n) is 5.61. The van der Waals surface area contributed by atoms with E-state index in [0.29, 0.717) is 12.1 Å². The lowest BCUT2D eigenvalue weighted by Crippen LogP contribution is -2.55. The van der Waals surface area contributed by atoms with Crippen LogP contribution in [0.4, 0.5) is 0 Å². The Labute approximate surface area is 123 Å². The quantitative estimate of drug-likeness (QED) is 0.827. The highest BCUT2D eigenvalue weighted by Crippen LogP contribution is 2.27. The van der Waals surface area contributed by atoms with Gasteiger partial charge in [-0.1, -0.05) is 56.5 Å². The van der Waals surface area contributed by atoms with Gasteiger partial charge in [0.2, 0.25) is 0 Å². The Balaban J connectivity index is 2.19. The van der Waals surface area contributed by atoms with Crippen LogP contribution in [0, 0.1) is 12.3 Å². The average Bonchev–Trinajstić information content (AvgIpc) is 2.50. The third-order valence-electron chi connectivity index (χ3n) is 4.23. The van der Waals surface area contributed by atoms with Gasteiger partial charge in [0.25, 0.3) is 0 Å². The number of rotatable bonds is 5. The van der Waals surface area contributed by atoms with Gasteiger partial charge in [0.15, 0.2) is 0 Å². The van der Waals surface area contributed by atoms with E-state index in [-0.39, 0.29) is 6.04 Å². The highest BCUT2D eigenvalue weighted by atomic mass is 15.3. The van der Waals surface area contributed by atoms with E-state index in [1.165, 1.54) is 18.4 Å². The number of nitrogens with zero attached hydrogens (tertiary/aromatic N) is 1. The van der Waals surface area contributed by atoms with Crippen molar-refractivity contribution < 1.29 is 0 Å². The summed E-state index contributed by atoms with van der Waals surface area (Å²) in [4.78, 5) is 2.52. The number of hydrogen-bond donors (Lipinski definition) is 1. The Kier molecular flexibility index (Phi) is 5.64. The molecule has 2 heteroatoms. The summed E-state index contributed by atoms with van der Waals surface area (Å²) in [5.74, 6) is 2.98. The third-order valence-corrected chi connectivity index (χ3v) is 4.23. The maximum atomic E-state index is 5.76. The van der Waals surface area contributed by atoms with Crippen molar-refractivity contribution in [2.75, 3.05) is 13.1 Å². The summed E-state index contributed by atoms with van der Waals surface area (Å²) in [5, 5.41) is 3.69. The highest BCUT2D eigenvalue weighted by molar-refractivity contribution is 5.21. The van der Waals surface area contributed by atoms with E-state index in [1.54, 1.807) is 0 Å². The van der Waals surface area contributed by atoms with Gasteiger partial charge in [-0.3, -0.25) is 4.90 Å². The molecule has 0 spiro atoms. The number of piperazine rings is 1. The van der Waals surface area contributed by atoms with Crippen LogP contribution in [0.15, 0.2) is 30.3 Å². The van der Waals surface area contributed by atoms with Gasteiger partial charge in [0, 0.05) is 25.2 Å². The van der Waals surface area contributed by atoms with Gasteiger partial charge in [-0.25, -0.2) is 0 Å². The maximum Gasteiger partial charge on any atom is 0.0715 e. The lowest BCUT2D eigenvalue weighted by atomic mass is 9.96. The van der Waals surface area contributed by atoms with Gasteiger partial charge in [0.05, 0.1) is 6.04 Å². The maximum absolute atomic E-state index is 5.76. The van der Waals surface area contributed by atoms with Crippen LogP contribution in [0.25, 0.3) is 0 Å². The normalized spacial score (nSPS) is 25.1. The highest BCUT2D eigenvalue weighted by Gasteiger charge is 2.31. The number of benzene rings is 1. The third kappa shape index (κ3) is 3.42. The summed E-state index contributed by atoms with van der Waals surface area (Å²) in [6.07, 6.45) is 9.21. The summed E-state index contributed by atoms with van der Waals surface area (Å²) in [6, 6.07) is 11.9. The van der Waals surface area contributed by atoms with Crippen LogP contribution in [0.5, 0.6) is 0 Å². The van der Waals surface area contributed by atoms with Crippen molar-refractivity contribution in [3.05, 3.63) is 35.9 Å². The van der Waals surface area contributed by atoms with E-state index >= 15 is 0 Å². The fourth-order valence-electron chi connectivity index (χ4n) is 3.16. The van der Waals surface area contributed by atoms with Crippen LogP contribution in [0.2, 0.25) is 0 Å². The molecule has 1 aliphatic heterocycles. The fraction of sp³-hybridized carbons (Fsp3) is 0.556. The number of terminal acetylenes is 1. The first-order chi connectivity index (χ1) is 9.80. The van der Waals surface area contributed by atoms with Crippen LogP contribution >= 0.6 is 0 Å². The summed E-state index contributed by atoms with van der Waals surface area (Å²) < 4.78 is 0. The zero-order valence-corrected chi connectivity index (χ0v) is 12.7. The molecule has 3 unspecified atom stereocenters. The van der Waals surface area contributed by atoms with Gasteiger partial charge < -0.3 is 5.32 Å².